The van der Waals surface area contributed by atoms with Crippen LogP contribution in [0.4, 0.5) is 0 Å². The Hall–Kier alpha value is -0.610. The Bertz CT molecular complexity index is 250. The summed E-state index contributed by atoms with van der Waals surface area (Å²) in [5.41, 5.74) is 0. The molecule has 0 aliphatic carbocycles. The zero-order valence-corrected chi connectivity index (χ0v) is 9.49. The van der Waals surface area contributed by atoms with Crippen LogP contribution in [-0.2, 0) is 14.3 Å². The van der Waals surface area contributed by atoms with E-state index in [-0.39, 0.29) is 0 Å². The highest BCUT2D eigenvalue weighted by Crippen LogP contribution is 2.35. The molecule has 2 aliphatic rings. The van der Waals surface area contributed by atoms with Crippen LogP contribution < -0.4 is 0 Å². The number of rotatable bonds is 2. The number of piperidine rings is 2. The molecule has 1 atom stereocenters. The monoisotopic (exact) mass is 213 g/mol. The standard InChI is InChI=1S/C11H19NO3/c1-14-11(15-2)6-7-12-9(8-11)4-3-5-10(12)13/h9H,3-8H2,1-2H3. The SMILES string of the molecule is COC1(OC)CCN2C(=O)CCCC2C1. The second-order valence-corrected chi connectivity index (χ2v) is 4.41. The molecule has 0 N–H and O–H groups in total. The number of carbonyl (C=O) groups excluding carboxylic acids is 1. The van der Waals surface area contributed by atoms with Crippen molar-refractivity contribution in [2.75, 3.05) is 20.8 Å². The zero-order chi connectivity index (χ0) is 10.9. The average Bonchev–Trinajstić information content (AvgIpc) is 2.29. The molecule has 1 unspecified atom stereocenters. The van der Waals surface area contributed by atoms with Crippen LogP contribution >= 0.6 is 0 Å². The molecular formula is C11H19NO3. The summed E-state index contributed by atoms with van der Waals surface area (Å²) in [5, 5.41) is 0. The van der Waals surface area contributed by atoms with Crippen molar-refractivity contribution < 1.29 is 14.3 Å². The number of carbonyl (C=O) groups is 1. The summed E-state index contributed by atoms with van der Waals surface area (Å²) >= 11 is 0. The summed E-state index contributed by atoms with van der Waals surface area (Å²) in [5.74, 6) is -0.161. The molecule has 0 aromatic carbocycles. The van der Waals surface area contributed by atoms with Crippen molar-refractivity contribution in [1.82, 2.24) is 4.90 Å². The highest BCUT2D eigenvalue weighted by atomic mass is 16.7. The molecular weight excluding hydrogens is 194 g/mol. The molecule has 2 aliphatic heterocycles. The van der Waals surface area contributed by atoms with Crippen LogP contribution in [0, 0.1) is 0 Å². The molecule has 2 rings (SSSR count). The third kappa shape index (κ3) is 1.88. The molecule has 0 bridgehead atoms. The molecule has 0 aromatic heterocycles. The van der Waals surface area contributed by atoms with Gasteiger partial charge >= 0.3 is 0 Å². The predicted molar refractivity (Wildman–Crippen MR) is 55.3 cm³/mol. The Morgan fingerprint density at radius 1 is 1.40 bits per heavy atom. The molecule has 4 nitrogen and oxygen atoms in total. The molecule has 1 amide bonds. The summed E-state index contributed by atoms with van der Waals surface area (Å²) in [7, 11) is 3.37. The predicted octanol–water partition coefficient (Wildman–Crippen LogP) is 1.15. The summed E-state index contributed by atoms with van der Waals surface area (Å²) in [6, 6.07) is 0.319. The minimum absolute atomic E-state index is 0.298. The smallest absolute Gasteiger partial charge is 0.222 e. The van der Waals surface area contributed by atoms with Crippen molar-refractivity contribution in [2.45, 2.75) is 43.9 Å². The topological polar surface area (TPSA) is 38.8 Å². The first-order valence-corrected chi connectivity index (χ1v) is 5.60. The van der Waals surface area contributed by atoms with Gasteiger partial charge in [0, 0.05) is 46.1 Å². The fraction of sp³-hybridized carbons (Fsp3) is 0.909. The van der Waals surface area contributed by atoms with E-state index in [2.05, 4.69) is 0 Å². The van der Waals surface area contributed by atoms with E-state index in [1.165, 1.54) is 0 Å². The molecule has 4 heteroatoms. The minimum Gasteiger partial charge on any atom is -0.353 e. The number of nitrogens with zero attached hydrogens (tertiary/aromatic N) is 1. The van der Waals surface area contributed by atoms with Crippen molar-refractivity contribution in [3.05, 3.63) is 0 Å². The van der Waals surface area contributed by atoms with Crippen LogP contribution in [0.2, 0.25) is 0 Å². The number of amides is 1. The van der Waals surface area contributed by atoms with Gasteiger partial charge in [-0.15, -0.1) is 0 Å². The van der Waals surface area contributed by atoms with Gasteiger partial charge in [-0.3, -0.25) is 4.79 Å². The maximum absolute atomic E-state index is 11.7. The van der Waals surface area contributed by atoms with Crippen LogP contribution in [0.1, 0.15) is 32.1 Å². The third-order valence-corrected chi connectivity index (χ3v) is 3.71. The maximum Gasteiger partial charge on any atom is 0.222 e. The largest absolute Gasteiger partial charge is 0.353 e. The van der Waals surface area contributed by atoms with Gasteiger partial charge in [0.25, 0.3) is 0 Å². The normalized spacial score (nSPS) is 30.1. The fourth-order valence-electron chi connectivity index (χ4n) is 2.72. The van der Waals surface area contributed by atoms with E-state index in [9.17, 15) is 4.79 Å². The molecule has 2 fully saturated rings. The van der Waals surface area contributed by atoms with Crippen LogP contribution in [0.15, 0.2) is 0 Å². The highest BCUT2D eigenvalue weighted by Gasteiger charge is 2.42. The van der Waals surface area contributed by atoms with Gasteiger partial charge in [-0.1, -0.05) is 0 Å². The van der Waals surface area contributed by atoms with Gasteiger partial charge < -0.3 is 14.4 Å². The van der Waals surface area contributed by atoms with Gasteiger partial charge in [0.05, 0.1) is 0 Å². The number of fused-ring (bicyclic) bond motifs is 1. The Kier molecular flexibility index (Phi) is 2.98. The van der Waals surface area contributed by atoms with Gasteiger partial charge in [-0.25, -0.2) is 0 Å². The van der Waals surface area contributed by atoms with E-state index in [4.69, 9.17) is 9.47 Å². The summed E-state index contributed by atoms with van der Waals surface area (Å²) in [4.78, 5) is 13.7. The maximum atomic E-state index is 11.7. The highest BCUT2D eigenvalue weighted by molar-refractivity contribution is 5.77. The van der Waals surface area contributed by atoms with Gasteiger partial charge in [0.15, 0.2) is 5.79 Å². The van der Waals surface area contributed by atoms with Crippen molar-refractivity contribution >= 4 is 5.91 Å². The number of hydrogen-bond acceptors (Lipinski definition) is 3. The molecule has 2 saturated heterocycles. The quantitative estimate of drug-likeness (QED) is 0.646. The third-order valence-electron chi connectivity index (χ3n) is 3.71. The van der Waals surface area contributed by atoms with E-state index in [0.29, 0.717) is 18.4 Å². The van der Waals surface area contributed by atoms with Gasteiger partial charge in [-0.2, -0.15) is 0 Å². The Balaban J connectivity index is 2.08. The van der Waals surface area contributed by atoms with Crippen molar-refractivity contribution in [3.63, 3.8) is 0 Å². The average molecular weight is 213 g/mol. The molecule has 0 radical (unpaired) electrons. The van der Waals surface area contributed by atoms with Crippen LogP contribution in [0.5, 0.6) is 0 Å². The Labute approximate surface area is 90.5 Å². The van der Waals surface area contributed by atoms with Gasteiger partial charge in [-0.05, 0) is 12.8 Å². The lowest BCUT2D eigenvalue weighted by atomic mass is 9.89. The first-order chi connectivity index (χ1) is 7.21. The molecule has 0 spiro atoms. The van der Waals surface area contributed by atoms with E-state index in [1.54, 1.807) is 14.2 Å². The minimum atomic E-state index is -0.460. The van der Waals surface area contributed by atoms with E-state index >= 15 is 0 Å². The lowest BCUT2D eigenvalue weighted by Gasteiger charge is -2.46. The van der Waals surface area contributed by atoms with Crippen LogP contribution in [0.25, 0.3) is 0 Å². The van der Waals surface area contributed by atoms with E-state index in [0.717, 1.165) is 32.2 Å². The molecule has 0 aromatic rings. The number of ether oxygens (including phenoxy) is 2. The first-order valence-electron chi connectivity index (χ1n) is 5.60. The van der Waals surface area contributed by atoms with Crippen molar-refractivity contribution in [3.8, 4) is 0 Å². The van der Waals surface area contributed by atoms with Gasteiger partial charge in [0.2, 0.25) is 5.91 Å². The van der Waals surface area contributed by atoms with Crippen molar-refractivity contribution in [1.29, 1.82) is 0 Å². The zero-order valence-electron chi connectivity index (χ0n) is 9.49. The first kappa shape index (κ1) is 10.9. The Morgan fingerprint density at radius 3 is 2.80 bits per heavy atom. The Morgan fingerprint density at radius 2 is 2.13 bits per heavy atom. The fourth-order valence-corrected chi connectivity index (χ4v) is 2.72. The molecule has 2 heterocycles. The summed E-state index contributed by atoms with van der Waals surface area (Å²) < 4.78 is 10.9. The molecule has 86 valence electrons. The van der Waals surface area contributed by atoms with Crippen LogP contribution in [-0.4, -0.2) is 43.4 Å². The van der Waals surface area contributed by atoms with Crippen LogP contribution in [0.3, 0.4) is 0 Å². The second-order valence-electron chi connectivity index (χ2n) is 4.41. The second kappa shape index (κ2) is 4.10. The number of methoxy groups -OCH3 is 2. The lowest BCUT2D eigenvalue weighted by molar-refractivity contribution is -0.239. The summed E-state index contributed by atoms with van der Waals surface area (Å²) in [6.07, 6.45) is 4.39. The lowest BCUT2D eigenvalue weighted by Crippen LogP contribution is -2.55. The molecule has 15 heavy (non-hydrogen) atoms. The van der Waals surface area contributed by atoms with E-state index < -0.39 is 5.79 Å². The summed E-state index contributed by atoms with van der Waals surface area (Å²) in [6.45, 7) is 0.769. The van der Waals surface area contributed by atoms with E-state index in [1.807, 2.05) is 4.90 Å². The number of hydrogen-bond donors (Lipinski definition) is 0. The molecule has 0 saturated carbocycles. The van der Waals surface area contributed by atoms with Gasteiger partial charge in [0.1, 0.15) is 0 Å². The van der Waals surface area contributed by atoms with Crippen molar-refractivity contribution in [2.24, 2.45) is 0 Å².